The molecule has 11 aromatic rings. The average Bonchev–Trinajstić information content (AvgIpc) is 3.85. The van der Waals surface area contributed by atoms with E-state index in [0.29, 0.717) is 0 Å². The SMILES string of the molecule is c1ccc(-c2ccc(N(c3ccc(-c4cccc5c4oc4ccccc45)cc3)c3ccc(-c4ccccc4)c4sc5c6ccccc6ccc5c34)cc2)cc1. The normalized spacial score (nSPS) is 11.6. The maximum Gasteiger partial charge on any atom is 0.143 e. The van der Waals surface area contributed by atoms with E-state index >= 15 is 0 Å². The second kappa shape index (κ2) is 12.9. The van der Waals surface area contributed by atoms with E-state index in [1.807, 2.05) is 23.5 Å². The standard InChI is InChI=1S/C52H33NOS/c1-3-12-34(13-4-1)35-22-27-39(28-23-35)53(40-29-24-38(25-30-40)41-19-11-20-45-44-18-9-10-21-48(44)54-50(41)45)47-33-32-43(36-14-5-2-6-15-36)52-49(47)46-31-26-37-16-7-8-17-42(37)51(46)55-52/h1-33H. The third-order valence-electron chi connectivity index (χ3n) is 10.9. The molecule has 0 radical (unpaired) electrons. The summed E-state index contributed by atoms with van der Waals surface area (Å²) < 4.78 is 9.05. The maximum atomic E-state index is 6.45. The Hall–Kier alpha value is -6.94. The maximum absolute atomic E-state index is 6.45. The van der Waals surface area contributed by atoms with Gasteiger partial charge in [0.1, 0.15) is 11.2 Å². The lowest BCUT2D eigenvalue weighted by molar-refractivity contribution is 0.670. The van der Waals surface area contributed by atoms with E-state index in [1.165, 1.54) is 53.2 Å². The zero-order valence-corrected chi connectivity index (χ0v) is 30.6. The van der Waals surface area contributed by atoms with Gasteiger partial charge in [0, 0.05) is 47.9 Å². The van der Waals surface area contributed by atoms with Gasteiger partial charge in [0.2, 0.25) is 0 Å². The highest BCUT2D eigenvalue weighted by Crippen LogP contribution is 2.50. The van der Waals surface area contributed by atoms with Gasteiger partial charge in [0.15, 0.2) is 0 Å². The van der Waals surface area contributed by atoms with Gasteiger partial charge in [-0.05, 0) is 75.0 Å². The molecule has 0 spiro atoms. The van der Waals surface area contributed by atoms with E-state index in [4.69, 9.17) is 4.42 Å². The molecule has 0 aliphatic carbocycles. The third kappa shape index (κ3) is 5.24. The predicted molar refractivity (Wildman–Crippen MR) is 235 cm³/mol. The Kier molecular flexibility index (Phi) is 7.39. The molecule has 9 aromatic carbocycles. The minimum Gasteiger partial charge on any atom is -0.455 e. The molecule has 0 fully saturated rings. The molecule has 2 nitrogen and oxygen atoms in total. The first kappa shape index (κ1) is 31.6. The molecule has 0 bridgehead atoms. The summed E-state index contributed by atoms with van der Waals surface area (Å²) >= 11 is 1.90. The van der Waals surface area contributed by atoms with Crippen LogP contribution in [-0.2, 0) is 0 Å². The van der Waals surface area contributed by atoms with Crippen LogP contribution < -0.4 is 4.90 Å². The van der Waals surface area contributed by atoms with Crippen LogP contribution in [0.5, 0.6) is 0 Å². The minimum absolute atomic E-state index is 0.908. The average molecular weight is 720 g/mol. The first-order valence-corrected chi connectivity index (χ1v) is 19.5. The van der Waals surface area contributed by atoms with Crippen LogP contribution in [0, 0.1) is 0 Å². The van der Waals surface area contributed by atoms with E-state index in [0.717, 1.165) is 50.1 Å². The summed E-state index contributed by atoms with van der Waals surface area (Å²) in [5.41, 5.74) is 12.2. The number of thiophene rings is 1. The highest BCUT2D eigenvalue weighted by molar-refractivity contribution is 7.27. The summed E-state index contributed by atoms with van der Waals surface area (Å²) in [4.78, 5) is 2.43. The minimum atomic E-state index is 0.908. The fourth-order valence-electron chi connectivity index (χ4n) is 8.25. The highest BCUT2D eigenvalue weighted by atomic mass is 32.1. The van der Waals surface area contributed by atoms with Crippen molar-refractivity contribution in [1.29, 1.82) is 0 Å². The molecule has 2 aromatic heterocycles. The van der Waals surface area contributed by atoms with E-state index in [2.05, 4.69) is 193 Å². The molecule has 0 aliphatic rings. The monoisotopic (exact) mass is 719 g/mol. The molecule has 0 unspecified atom stereocenters. The van der Waals surface area contributed by atoms with Crippen LogP contribution in [0.1, 0.15) is 0 Å². The molecule has 11 rings (SSSR count). The molecular weight excluding hydrogens is 687 g/mol. The van der Waals surface area contributed by atoms with Crippen molar-refractivity contribution < 1.29 is 4.42 Å². The molecule has 258 valence electrons. The van der Waals surface area contributed by atoms with Crippen molar-refractivity contribution >= 4 is 81.3 Å². The number of hydrogen-bond donors (Lipinski definition) is 0. The predicted octanol–water partition coefficient (Wildman–Crippen LogP) is 15.6. The number of benzene rings is 9. The Morgan fingerprint density at radius 3 is 1.73 bits per heavy atom. The van der Waals surface area contributed by atoms with Crippen molar-refractivity contribution in [2.45, 2.75) is 0 Å². The van der Waals surface area contributed by atoms with E-state index in [-0.39, 0.29) is 0 Å². The van der Waals surface area contributed by atoms with Crippen molar-refractivity contribution in [3.8, 4) is 33.4 Å². The lowest BCUT2D eigenvalue weighted by Gasteiger charge is -2.27. The first-order valence-electron chi connectivity index (χ1n) is 18.7. The van der Waals surface area contributed by atoms with Gasteiger partial charge in [0.05, 0.1) is 5.69 Å². The van der Waals surface area contributed by atoms with Gasteiger partial charge in [-0.15, -0.1) is 11.3 Å². The zero-order chi connectivity index (χ0) is 36.3. The fraction of sp³-hybridized carbons (Fsp3) is 0. The van der Waals surface area contributed by atoms with Gasteiger partial charge in [0.25, 0.3) is 0 Å². The van der Waals surface area contributed by atoms with Gasteiger partial charge in [-0.25, -0.2) is 0 Å². The summed E-state index contributed by atoms with van der Waals surface area (Å²) in [7, 11) is 0. The number of anilines is 3. The summed E-state index contributed by atoms with van der Waals surface area (Å²) in [6, 6.07) is 72.1. The number of para-hydroxylation sites is 2. The number of hydrogen-bond acceptors (Lipinski definition) is 3. The topological polar surface area (TPSA) is 16.4 Å². The van der Waals surface area contributed by atoms with Gasteiger partial charge in [-0.3, -0.25) is 0 Å². The number of fused-ring (bicyclic) bond motifs is 8. The van der Waals surface area contributed by atoms with E-state index in [9.17, 15) is 0 Å². The van der Waals surface area contributed by atoms with Gasteiger partial charge in [-0.2, -0.15) is 0 Å². The second-order valence-corrected chi connectivity index (χ2v) is 15.1. The van der Waals surface area contributed by atoms with Gasteiger partial charge in [-0.1, -0.05) is 164 Å². The van der Waals surface area contributed by atoms with Crippen LogP contribution in [0.2, 0.25) is 0 Å². The lowest BCUT2D eigenvalue weighted by atomic mass is 9.98. The summed E-state index contributed by atoms with van der Waals surface area (Å²) in [6.45, 7) is 0. The Morgan fingerprint density at radius 1 is 0.364 bits per heavy atom. The number of furan rings is 1. The van der Waals surface area contributed by atoms with E-state index < -0.39 is 0 Å². The lowest BCUT2D eigenvalue weighted by Crippen LogP contribution is -2.10. The third-order valence-corrected chi connectivity index (χ3v) is 12.2. The quantitative estimate of drug-likeness (QED) is 0.170. The largest absolute Gasteiger partial charge is 0.455 e. The summed E-state index contributed by atoms with van der Waals surface area (Å²) in [5, 5.41) is 7.35. The summed E-state index contributed by atoms with van der Waals surface area (Å²) in [6.07, 6.45) is 0. The van der Waals surface area contributed by atoms with Crippen molar-refractivity contribution in [3.05, 3.63) is 200 Å². The Bertz CT molecular complexity index is 3180. The Morgan fingerprint density at radius 2 is 0.964 bits per heavy atom. The Balaban J connectivity index is 1.13. The molecule has 0 saturated heterocycles. The summed E-state index contributed by atoms with van der Waals surface area (Å²) in [5.74, 6) is 0. The molecule has 2 heterocycles. The van der Waals surface area contributed by atoms with Crippen LogP contribution in [0.3, 0.4) is 0 Å². The molecule has 0 amide bonds. The number of rotatable bonds is 6. The molecule has 0 N–H and O–H groups in total. The molecule has 55 heavy (non-hydrogen) atoms. The molecule has 0 saturated carbocycles. The molecule has 3 heteroatoms. The van der Waals surface area contributed by atoms with Crippen molar-refractivity contribution in [1.82, 2.24) is 0 Å². The second-order valence-electron chi connectivity index (χ2n) is 14.0. The van der Waals surface area contributed by atoms with Gasteiger partial charge >= 0.3 is 0 Å². The van der Waals surface area contributed by atoms with E-state index in [1.54, 1.807) is 0 Å². The van der Waals surface area contributed by atoms with Crippen LogP contribution in [0.4, 0.5) is 17.1 Å². The highest BCUT2D eigenvalue weighted by Gasteiger charge is 2.22. The van der Waals surface area contributed by atoms with Crippen LogP contribution in [0.15, 0.2) is 205 Å². The molecule has 0 atom stereocenters. The first-order chi connectivity index (χ1) is 27.3. The van der Waals surface area contributed by atoms with Crippen LogP contribution in [-0.4, -0.2) is 0 Å². The number of nitrogens with zero attached hydrogens (tertiary/aromatic N) is 1. The molecule has 0 aliphatic heterocycles. The molecular formula is C52H33NOS. The van der Waals surface area contributed by atoms with Crippen LogP contribution >= 0.6 is 11.3 Å². The smallest absolute Gasteiger partial charge is 0.143 e. The van der Waals surface area contributed by atoms with Crippen molar-refractivity contribution in [2.75, 3.05) is 4.90 Å². The fourth-order valence-corrected chi connectivity index (χ4v) is 9.64. The zero-order valence-electron chi connectivity index (χ0n) is 29.8. The van der Waals surface area contributed by atoms with Gasteiger partial charge < -0.3 is 9.32 Å². The van der Waals surface area contributed by atoms with Crippen LogP contribution in [0.25, 0.3) is 86.3 Å². The Labute approximate surface area is 322 Å². The van der Waals surface area contributed by atoms with Crippen molar-refractivity contribution in [2.24, 2.45) is 0 Å². The van der Waals surface area contributed by atoms with Crippen molar-refractivity contribution in [3.63, 3.8) is 0 Å².